The van der Waals surface area contributed by atoms with Crippen LogP contribution in [0.5, 0.6) is 0 Å². The van der Waals surface area contributed by atoms with Crippen molar-refractivity contribution >= 4 is 11.6 Å². The van der Waals surface area contributed by atoms with E-state index in [4.69, 9.17) is 10.6 Å². The molecule has 1 aromatic heterocycles. The first-order valence-electron chi connectivity index (χ1n) is 7.21. The largest absolute Gasteiger partial charge is 0.394 e. The Morgan fingerprint density at radius 2 is 1.90 bits per heavy atom. The quantitative estimate of drug-likeness (QED) is 0.485. The van der Waals surface area contributed by atoms with Gasteiger partial charge in [0.05, 0.1) is 12.1 Å². The van der Waals surface area contributed by atoms with Crippen molar-refractivity contribution in [3.05, 3.63) is 11.9 Å². The molecule has 1 aliphatic rings. The standard InChI is InChI=1S/C14H25N5O2/c1-13(2,3)12-16-10(8-11(17-12)19-15)18-14(9-20)4-6-21-7-5-14/h8,20H,4-7,9,15H2,1-3H3,(H2,16,17,18,19). The second-order valence-corrected chi connectivity index (χ2v) is 6.53. The van der Waals surface area contributed by atoms with Gasteiger partial charge in [0.15, 0.2) is 0 Å². The third-order valence-electron chi connectivity index (χ3n) is 3.69. The third kappa shape index (κ3) is 3.81. The molecule has 7 nitrogen and oxygen atoms in total. The summed E-state index contributed by atoms with van der Waals surface area (Å²) < 4.78 is 5.37. The Balaban J connectivity index is 2.30. The minimum absolute atomic E-state index is 0.0383. The summed E-state index contributed by atoms with van der Waals surface area (Å²) >= 11 is 0. The zero-order valence-corrected chi connectivity index (χ0v) is 12.9. The predicted octanol–water partition coefficient (Wildman–Crippen LogP) is 1.01. The van der Waals surface area contributed by atoms with E-state index < -0.39 is 5.54 Å². The van der Waals surface area contributed by atoms with E-state index in [-0.39, 0.29) is 12.0 Å². The molecule has 0 amide bonds. The summed E-state index contributed by atoms with van der Waals surface area (Å²) in [5, 5.41) is 13.1. The van der Waals surface area contributed by atoms with Gasteiger partial charge in [-0.2, -0.15) is 0 Å². The van der Waals surface area contributed by atoms with Gasteiger partial charge in [0.25, 0.3) is 0 Å². The van der Waals surface area contributed by atoms with Gasteiger partial charge in [0.1, 0.15) is 17.5 Å². The monoisotopic (exact) mass is 295 g/mol. The maximum Gasteiger partial charge on any atom is 0.145 e. The molecule has 0 spiro atoms. The molecule has 7 heteroatoms. The molecular formula is C14H25N5O2. The molecule has 0 aromatic carbocycles. The molecule has 0 unspecified atom stereocenters. The normalized spacial score (nSPS) is 18.3. The van der Waals surface area contributed by atoms with Crippen LogP contribution >= 0.6 is 0 Å². The summed E-state index contributed by atoms with van der Waals surface area (Å²) in [5.74, 6) is 7.41. The molecule has 1 fully saturated rings. The fourth-order valence-corrected chi connectivity index (χ4v) is 2.28. The van der Waals surface area contributed by atoms with E-state index in [0.717, 1.165) is 12.8 Å². The number of nitrogens with two attached hydrogens (primary N) is 1. The molecule has 0 atom stereocenters. The molecule has 0 bridgehead atoms. The second kappa shape index (κ2) is 6.13. The number of ether oxygens (including phenoxy) is 1. The van der Waals surface area contributed by atoms with Crippen LogP contribution in [0.25, 0.3) is 0 Å². The molecule has 0 saturated carbocycles. The Morgan fingerprint density at radius 3 is 2.43 bits per heavy atom. The summed E-state index contributed by atoms with van der Waals surface area (Å²) in [5.41, 5.74) is 1.98. The first-order chi connectivity index (χ1) is 9.88. The van der Waals surface area contributed by atoms with E-state index in [1.54, 1.807) is 6.07 Å². The minimum Gasteiger partial charge on any atom is -0.394 e. The van der Waals surface area contributed by atoms with E-state index in [0.29, 0.717) is 30.7 Å². The Bertz CT molecular complexity index is 481. The highest BCUT2D eigenvalue weighted by molar-refractivity contribution is 5.49. The summed E-state index contributed by atoms with van der Waals surface area (Å²) in [7, 11) is 0. The number of aromatic nitrogens is 2. The van der Waals surface area contributed by atoms with Crippen LogP contribution < -0.4 is 16.6 Å². The average Bonchev–Trinajstić information content (AvgIpc) is 2.47. The van der Waals surface area contributed by atoms with Crippen LogP contribution in [0.1, 0.15) is 39.4 Å². The topological polar surface area (TPSA) is 105 Å². The number of aliphatic hydroxyl groups is 1. The fraction of sp³-hybridized carbons (Fsp3) is 0.714. The molecule has 5 N–H and O–H groups in total. The van der Waals surface area contributed by atoms with Crippen LogP contribution in [-0.2, 0) is 10.2 Å². The first kappa shape index (κ1) is 15.9. The van der Waals surface area contributed by atoms with Gasteiger partial charge in [-0.1, -0.05) is 20.8 Å². The van der Waals surface area contributed by atoms with Crippen LogP contribution in [0, 0.1) is 0 Å². The van der Waals surface area contributed by atoms with Crippen LogP contribution in [0.2, 0.25) is 0 Å². The van der Waals surface area contributed by atoms with Crippen molar-refractivity contribution in [2.24, 2.45) is 5.84 Å². The zero-order valence-electron chi connectivity index (χ0n) is 12.9. The first-order valence-corrected chi connectivity index (χ1v) is 7.21. The van der Waals surface area contributed by atoms with Gasteiger partial charge in [-0.3, -0.25) is 0 Å². The Labute approximate surface area is 125 Å². The lowest BCUT2D eigenvalue weighted by atomic mass is 9.91. The second-order valence-electron chi connectivity index (χ2n) is 6.53. The average molecular weight is 295 g/mol. The van der Waals surface area contributed by atoms with Gasteiger partial charge in [0.2, 0.25) is 0 Å². The number of aliphatic hydroxyl groups excluding tert-OH is 1. The number of nitrogens with zero attached hydrogens (tertiary/aromatic N) is 2. The molecule has 0 aliphatic carbocycles. The number of hydrazine groups is 1. The van der Waals surface area contributed by atoms with Crippen molar-refractivity contribution in [2.75, 3.05) is 30.6 Å². The number of anilines is 2. The van der Waals surface area contributed by atoms with Gasteiger partial charge in [-0.25, -0.2) is 15.8 Å². The lowest BCUT2D eigenvalue weighted by molar-refractivity contribution is 0.0378. The molecule has 1 saturated heterocycles. The minimum atomic E-state index is -0.395. The highest BCUT2D eigenvalue weighted by Crippen LogP contribution is 2.27. The lowest BCUT2D eigenvalue weighted by Crippen LogP contribution is -2.47. The molecule has 1 aliphatic heterocycles. The molecule has 118 valence electrons. The molecule has 1 aromatic rings. The predicted molar refractivity (Wildman–Crippen MR) is 82.0 cm³/mol. The van der Waals surface area contributed by atoms with Gasteiger partial charge in [-0.05, 0) is 12.8 Å². The molecule has 2 rings (SSSR count). The summed E-state index contributed by atoms with van der Waals surface area (Å²) in [6.07, 6.45) is 1.48. The smallest absolute Gasteiger partial charge is 0.145 e. The van der Waals surface area contributed by atoms with Crippen LogP contribution in [0.15, 0.2) is 6.07 Å². The fourth-order valence-electron chi connectivity index (χ4n) is 2.28. The van der Waals surface area contributed by atoms with Crippen LogP contribution in [-0.4, -0.2) is 40.4 Å². The van der Waals surface area contributed by atoms with Crippen molar-refractivity contribution in [1.82, 2.24) is 9.97 Å². The highest BCUT2D eigenvalue weighted by atomic mass is 16.5. The number of rotatable bonds is 4. The highest BCUT2D eigenvalue weighted by Gasteiger charge is 2.32. The van der Waals surface area contributed by atoms with E-state index in [1.807, 2.05) is 20.8 Å². The van der Waals surface area contributed by atoms with Crippen LogP contribution in [0.3, 0.4) is 0 Å². The number of hydrogen-bond acceptors (Lipinski definition) is 7. The van der Waals surface area contributed by atoms with E-state index in [2.05, 4.69) is 20.7 Å². The maximum atomic E-state index is 9.76. The zero-order chi connectivity index (χ0) is 15.5. The molecule has 0 radical (unpaired) electrons. The molecular weight excluding hydrogens is 270 g/mol. The summed E-state index contributed by atoms with van der Waals surface area (Å²) in [6.45, 7) is 7.43. The van der Waals surface area contributed by atoms with Gasteiger partial charge in [-0.15, -0.1) is 0 Å². The third-order valence-corrected chi connectivity index (χ3v) is 3.69. The number of hydrogen-bond donors (Lipinski definition) is 4. The van der Waals surface area contributed by atoms with Crippen LogP contribution in [0.4, 0.5) is 11.6 Å². The van der Waals surface area contributed by atoms with Gasteiger partial charge in [0, 0.05) is 24.7 Å². The van der Waals surface area contributed by atoms with E-state index >= 15 is 0 Å². The van der Waals surface area contributed by atoms with E-state index in [9.17, 15) is 5.11 Å². The van der Waals surface area contributed by atoms with Crippen molar-refractivity contribution in [3.8, 4) is 0 Å². The van der Waals surface area contributed by atoms with Crippen molar-refractivity contribution in [2.45, 2.75) is 44.6 Å². The Hall–Kier alpha value is -1.44. The van der Waals surface area contributed by atoms with Crippen molar-refractivity contribution < 1.29 is 9.84 Å². The summed E-state index contributed by atoms with van der Waals surface area (Å²) in [4.78, 5) is 8.96. The maximum absolute atomic E-state index is 9.76. The van der Waals surface area contributed by atoms with Gasteiger partial charge < -0.3 is 20.6 Å². The van der Waals surface area contributed by atoms with Crippen molar-refractivity contribution in [1.29, 1.82) is 0 Å². The molecule has 2 heterocycles. The van der Waals surface area contributed by atoms with Gasteiger partial charge >= 0.3 is 0 Å². The number of nitrogen functional groups attached to an aromatic ring is 1. The lowest BCUT2D eigenvalue weighted by Gasteiger charge is -2.37. The number of nitrogens with one attached hydrogen (secondary N) is 2. The Kier molecular flexibility index (Phi) is 4.65. The van der Waals surface area contributed by atoms with E-state index in [1.165, 1.54) is 0 Å². The Morgan fingerprint density at radius 1 is 1.29 bits per heavy atom. The SMILES string of the molecule is CC(C)(C)c1nc(NN)cc(NC2(CO)CCOCC2)n1. The molecule has 21 heavy (non-hydrogen) atoms. The summed E-state index contributed by atoms with van der Waals surface area (Å²) in [6, 6.07) is 1.75. The van der Waals surface area contributed by atoms with Crippen molar-refractivity contribution in [3.63, 3.8) is 0 Å².